The maximum atomic E-state index is 3.59. The number of rotatable bonds is 6. The zero-order chi connectivity index (χ0) is 11.4. The lowest BCUT2D eigenvalue weighted by Gasteiger charge is -2.10. The third kappa shape index (κ3) is 3.08. The van der Waals surface area contributed by atoms with Crippen LogP contribution in [-0.2, 0) is 19.4 Å². The summed E-state index contributed by atoms with van der Waals surface area (Å²) < 4.78 is 0. The topological polar surface area (TPSA) is 12.0 Å². The minimum atomic E-state index is 0.816. The fraction of sp³-hybridized carbons (Fsp3) is 0.714. The highest BCUT2D eigenvalue weighted by atomic mass is 32.1. The molecule has 1 aliphatic rings. The maximum absolute atomic E-state index is 3.59. The lowest BCUT2D eigenvalue weighted by atomic mass is 10.1. The quantitative estimate of drug-likeness (QED) is 0.794. The van der Waals surface area contributed by atoms with Gasteiger partial charge in [-0.05, 0) is 49.8 Å². The first-order chi connectivity index (χ1) is 7.79. The summed E-state index contributed by atoms with van der Waals surface area (Å²) in [6.07, 6.45) is 6.66. The van der Waals surface area contributed by atoms with E-state index in [0.29, 0.717) is 0 Å². The first-order valence-corrected chi connectivity index (χ1v) is 7.42. The number of hydrogen-bond donors (Lipinski definition) is 1. The van der Waals surface area contributed by atoms with Crippen molar-refractivity contribution in [1.82, 2.24) is 5.32 Å². The number of thiophene rings is 1. The van der Waals surface area contributed by atoms with Gasteiger partial charge in [0, 0.05) is 16.3 Å². The van der Waals surface area contributed by atoms with Crippen molar-refractivity contribution in [2.45, 2.75) is 52.5 Å². The van der Waals surface area contributed by atoms with Crippen LogP contribution in [0.1, 0.15) is 48.4 Å². The van der Waals surface area contributed by atoms with Gasteiger partial charge in [0.15, 0.2) is 0 Å². The molecular weight excluding hydrogens is 214 g/mol. The molecule has 90 valence electrons. The van der Waals surface area contributed by atoms with E-state index in [1.54, 1.807) is 10.4 Å². The molecule has 1 heterocycles. The lowest BCUT2D eigenvalue weighted by molar-refractivity contribution is 0.477. The molecular formula is C14H23NS. The van der Waals surface area contributed by atoms with Crippen molar-refractivity contribution in [1.29, 1.82) is 0 Å². The van der Waals surface area contributed by atoms with Crippen LogP contribution < -0.4 is 5.32 Å². The second-order valence-corrected chi connectivity index (χ2v) is 6.26. The molecule has 2 heteroatoms. The van der Waals surface area contributed by atoms with Crippen molar-refractivity contribution in [2.75, 3.05) is 6.54 Å². The van der Waals surface area contributed by atoms with E-state index >= 15 is 0 Å². The molecule has 0 bridgehead atoms. The van der Waals surface area contributed by atoms with Crippen LogP contribution in [0.2, 0.25) is 0 Å². The van der Waals surface area contributed by atoms with Crippen LogP contribution in [-0.4, -0.2) is 6.54 Å². The summed E-state index contributed by atoms with van der Waals surface area (Å²) in [5, 5.41) is 3.59. The van der Waals surface area contributed by atoms with Gasteiger partial charge in [0.25, 0.3) is 0 Å². The van der Waals surface area contributed by atoms with Gasteiger partial charge in [-0.25, -0.2) is 0 Å². The van der Waals surface area contributed by atoms with E-state index < -0.39 is 0 Å². The van der Waals surface area contributed by atoms with Crippen LogP contribution >= 0.6 is 11.3 Å². The SMILES string of the molecule is CCCC(C)CNCc1cc2c(s1)CCC2. The van der Waals surface area contributed by atoms with E-state index in [0.717, 1.165) is 19.0 Å². The van der Waals surface area contributed by atoms with E-state index in [1.807, 2.05) is 11.3 Å². The Labute approximate surface area is 103 Å². The number of fused-ring (bicyclic) bond motifs is 1. The number of aryl methyl sites for hydroxylation is 2. The lowest BCUT2D eigenvalue weighted by Crippen LogP contribution is -2.20. The molecule has 0 radical (unpaired) electrons. The average molecular weight is 237 g/mol. The van der Waals surface area contributed by atoms with Gasteiger partial charge >= 0.3 is 0 Å². The third-order valence-electron chi connectivity index (χ3n) is 3.37. The van der Waals surface area contributed by atoms with Crippen LogP contribution in [0.15, 0.2) is 6.07 Å². The van der Waals surface area contributed by atoms with E-state index in [2.05, 4.69) is 25.2 Å². The van der Waals surface area contributed by atoms with Gasteiger partial charge in [0.05, 0.1) is 0 Å². The van der Waals surface area contributed by atoms with E-state index in [-0.39, 0.29) is 0 Å². The molecule has 0 amide bonds. The van der Waals surface area contributed by atoms with Gasteiger partial charge in [0.2, 0.25) is 0 Å². The Morgan fingerprint density at radius 3 is 3.06 bits per heavy atom. The molecule has 0 fully saturated rings. The molecule has 1 nitrogen and oxygen atoms in total. The Bertz CT molecular complexity index is 308. The molecule has 0 spiro atoms. The largest absolute Gasteiger partial charge is 0.312 e. The van der Waals surface area contributed by atoms with Gasteiger partial charge in [-0.2, -0.15) is 0 Å². The van der Waals surface area contributed by atoms with Crippen LogP contribution in [0.5, 0.6) is 0 Å². The molecule has 1 N–H and O–H groups in total. The molecule has 1 unspecified atom stereocenters. The van der Waals surface area contributed by atoms with Crippen molar-refractivity contribution in [3.63, 3.8) is 0 Å². The molecule has 1 atom stereocenters. The normalized spacial score (nSPS) is 16.4. The van der Waals surface area contributed by atoms with Crippen LogP contribution in [0, 0.1) is 5.92 Å². The zero-order valence-corrected chi connectivity index (χ0v) is 11.3. The highest BCUT2D eigenvalue weighted by Crippen LogP contribution is 2.30. The van der Waals surface area contributed by atoms with Crippen LogP contribution in [0.4, 0.5) is 0 Å². The predicted octanol–water partition coefficient (Wildman–Crippen LogP) is 3.76. The van der Waals surface area contributed by atoms with Gasteiger partial charge < -0.3 is 5.32 Å². The van der Waals surface area contributed by atoms with Crippen molar-refractivity contribution in [3.05, 3.63) is 21.4 Å². The molecule has 2 rings (SSSR count). The summed E-state index contributed by atoms with van der Waals surface area (Å²) in [5.74, 6) is 0.816. The molecule has 1 aliphatic carbocycles. The maximum Gasteiger partial charge on any atom is 0.0300 e. The Kier molecular flexibility index (Phi) is 4.42. The molecule has 1 aromatic heterocycles. The van der Waals surface area contributed by atoms with Gasteiger partial charge in [-0.15, -0.1) is 11.3 Å². The van der Waals surface area contributed by atoms with Crippen molar-refractivity contribution in [2.24, 2.45) is 5.92 Å². The van der Waals surface area contributed by atoms with E-state index in [4.69, 9.17) is 0 Å². The zero-order valence-electron chi connectivity index (χ0n) is 10.5. The molecule has 0 saturated carbocycles. The fourth-order valence-electron chi connectivity index (χ4n) is 2.51. The highest BCUT2D eigenvalue weighted by molar-refractivity contribution is 7.12. The minimum absolute atomic E-state index is 0.816. The summed E-state index contributed by atoms with van der Waals surface area (Å²) in [7, 11) is 0. The van der Waals surface area contributed by atoms with Crippen molar-refractivity contribution >= 4 is 11.3 Å². The predicted molar refractivity (Wildman–Crippen MR) is 72.1 cm³/mol. The molecule has 0 aromatic carbocycles. The summed E-state index contributed by atoms with van der Waals surface area (Å²) in [4.78, 5) is 3.19. The van der Waals surface area contributed by atoms with Gasteiger partial charge in [0.1, 0.15) is 0 Å². The monoisotopic (exact) mass is 237 g/mol. The summed E-state index contributed by atoms with van der Waals surface area (Å²) >= 11 is 2.02. The van der Waals surface area contributed by atoms with E-state index in [9.17, 15) is 0 Å². The Hall–Kier alpha value is -0.340. The minimum Gasteiger partial charge on any atom is -0.312 e. The number of nitrogens with one attached hydrogen (secondary N) is 1. The van der Waals surface area contributed by atoms with Gasteiger partial charge in [-0.1, -0.05) is 20.3 Å². The summed E-state index contributed by atoms with van der Waals surface area (Å²) in [5.41, 5.74) is 1.63. The summed E-state index contributed by atoms with van der Waals surface area (Å²) in [6, 6.07) is 2.42. The summed E-state index contributed by atoms with van der Waals surface area (Å²) in [6.45, 7) is 6.84. The Balaban J connectivity index is 1.73. The standard InChI is InChI=1S/C14H23NS/c1-3-5-11(2)9-15-10-13-8-12-6-4-7-14(12)16-13/h8,11,15H,3-7,9-10H2,1-2H3. The molecule has 1 aromatic rings. The van der Waals surface area contributed by atoms with Crippen molar-refractivity contribution in [3.8, 4) is 0 Å². The van der Waals surface area contributed by atoms with Crippen molar-refractivity contribution < 1.29 is 0 Å². The van der Waals surface area contributed by atoms with E-state index in [1.165, 1.54) is 37.0 Å². The van der Waals surface area contributed by atoms with Crippen LogP contribution in [0.3, 0.4) is 0 Å². The molecule has 0 saturated heterocycles. The Morgan fingerprint density at radius 2 is 2.31 bits per heavy atom. The average Bonchev–Trinajstić information content (AvgIpc) is 2.78. The first kappa shape index (κ1) is 12.1. The fourth-order valence-corrected chi connectivity index (χ4v) is 3.74. The molecule has 16 heavy (non-hydrogen) atoms. The molecule has 0 aliphatic heterocycles. The third-order valence-corrected chi connectivity index (χ3v) is 4.61. The second kappa shape index (κ2) is 5.83. The highest BCUT2D eigenvalue weighted by Gasteiger charge is 2.14. The Morgan fingerprint density at radius 1 is 1.44 bits per heavy atom. The first-order valence-electron chi connectivity index (χ1n) is 6.60. The number of hydrogen-bond acceptors (Lipinski definition) is 2. The van der Waals surface area contributed by atoms with Gasteiger partial charge in [-0.3, -0.25) is 0 Å². The van der Waals surface area contributed by atoms with Crippen LogP contribution in [0.25, 0.3) is 0 Å². The smallest absolute Gasteiger partial charge is 0.0300 e. The second-order valence-electron chi connectivity index (χ2n) is 5.04.